The van der Waals surface area contributed by atoms with Crippen molar-refractivity contribution in [1.82, 2.24) is 15.5 Å². The molecule has 5 nitrogen and oxygen atoms in total. The summed E-state index contributed by atoms with van der Waals surface area (Å²) in [6, 6.07) is 6.17. The second-order valence-electron chi connectivity index (χ2n) is 7.09. The van der Waals surface area contributed by atoms with Crippen molar-refractivity contribution in [2.45, 2.75) is 26.9 Å². The molecule has 0 radical (unpaired) electrons. The molecule has 2 N–H and O–H groups in total. The first kappa shape index (κ1) is 20.2. The Morgan fingerprint density at radius 2 is 2.04 bits per heavy atom. The Morgan fingerprint density at radius 1 is 1.33 bits per heavy atom. The lowest BCUT2D eigenvalue weighted by Gasteiger charge is -2.29. The van der Waals surface area contributed by atoms with E-state index in [4.69, 9.17) is 4.74 Å². The van der Waals surface area contributed by atoms with Gasteiger partial charge in [-0.25, -0.2) is 4.39 Å². The van der Waals surface area contributed by atoms with Gasteiger partial charge in [-0.05, 0) is 38.6 Å². The second-order valence-corrected chi connectivity index (χ2v) is 7.09. The molecule has 1 aromatic rings. The summed E-state index contributed by atoms with van der Waals surface area (Å²) in [6.45, 7) is 8.72. The first-order chi connectivity index (χ1) is 11.2. The van der Waals surface area contributed by atoms with Crippen LogP contribution in [0, 0.1) is 11.2 Å². The molecule has 0 aromatic heterocycles. The minimum atomic E-state index is -0.298. The van der Waals surface area contributed by atoms with Crippen molar-refractivity contribution in [3.8, 4) is 5.75 Å². The number of hydrogen-bond acceptors (Lipinski definition) is 3. The molecule has 0 aliphatic heterocycles. The molecule has 0 amide bonds. The predicted octanol–water partition coefficient (Wildman–Crippen LogP) is 2.35. The molecule has 1 unspecified atom stereocenters. The standard InChI is InChI=1S/C18H31FN4O/c1-14(24-16-9-7-8-15(19)10-16)11-21-17(20-4)22-12-18(2,3)13-23(5)6/h7-10,14H,11-13H2,1-6H3,(H2,20,21,22). The Balaban J connectivity index is 2.40. The van der Waals surface area contributed by atoms with Crippen LogP contribution in [0.1, 0.15) is 20.8 Å². The lowest BCUT2D eigenvalue weighted by Crippen LogP contribution is -2.46. The Hall–Kier alpha value is -1.82. The summed E-state index contributed by atoms with van der Waals surface area (Å²) in [7, 11) is 5.88. The average molecular weight is 338 g/mol. The van der Waals surface area contributed by atoms with Crippen LogP contribution < -0.4 is 15.4 Å². The van der Waals surface area contributed by atoms with Crippen LogP contribution >= 0.6 is 0 Å². The fraction of sp³-hybridized carbons (Fsp3) is 0.611. The van der Waals surface area contributed by atoms with E-state index >= 15 is 0 Å². The highest BCUT2D eigenvalue weighted by Crippen LogP contribution is 2.14. The van der Waals surface area contributed by atoms with Gasteiger partial charge >= 0.3 is 0 Å². The molecular formula is C18H31FN4O. The van der Waals surface area contributed by atoms with E-state index in [-0.39, 0.29) is 17.3 Å². The Kier molecular flexibility index (Phi) is 7.98. The number of ether oxygens (including phenoxy) is 1. The van der Waals surface area contributed by atoms with Crippen molar-refractivity contribution in [3.05, 3.63) is 30.1 Å². The van der Waals surface area contributed by atoms with Crippen molar-refractivity contribution in [3.63, 3.8) is 0 Å². The molecule has 1 rings (SSSR count). The molecule has 0 aliphatic rings. The second kappa shape index (κ2) is 9.47. The van der Waals surface area contributed by atoms with Gasteiger partial charge < -0.3 is 20.3 Å². The molecule has 0 saturated carbocycles. The summed E-state index contributed by atoms with van der Waals surface area (Å²) in [4.78, 5) is 6.40. The molecule has 1 aromatic carbocycles. The number of nitrogens with one attached hydrogen (secondary N) is 2. The topological polar surface area (TPSA) is 48.9 Å². The lowest BCUT2D eigenvalue weighted by molar-refractivity contribution is 0.222. The van der Waals surface area contributed by atoms with Gasteiger partial charge in [-0.15, -0.1) is 0 Å². The van der Waals surface area contributed by atoms with Crippen LogP contribution in [0.3, 0.4) is 0 Å². The molecule has 136 valence electrons. The van der Waals surface area contributed by atoms with Crippen molar-refractivity contribution < 1.29 is 9.13 Å². The highest BCUT2D eigenvalue weighted by atomic mass is 19.1. The molecule has 0 saturated heterocycles. The van der Waals surface area contributed by atoms with Crippen LogP contribution in [-0.2, 0) is 0 Å². The van der Waals surface area contributed by atoms with E-state index in [2.05, 4.69) is 48.5 Å². The van der Waals surface area contributed by atoms with Gasteiger partial charge in [0.05, 0.1) is 6.54 Å². The minimum absolute atomic E-state index is 0.111. The summed E-state index contributed by atoms with van der Waals surface area (Å²) in [5.41, 5.74) is 0.130. The lowest BCUT2D eigenvalue weighted by atomic mass is 9.93. The highest BCUT2D eigenvalue weighted by molar-refractivity contribution is 5.79. The number of benzene rings is 1. The zero-order chi connectivity index (χ0) is 18.2. The van der Waals surface area contributed by atoms with E-state index in [9.17, 15) is 4.39 Å². The Bertz CT molecular complexity index is 532. The molecule has 0 bridgehead atoms. The zero-order valence-electron chi connectivity index (χ0n) is 15.7. The number of guanidine groups is 1. The summed E-state index contributed by atoms with van der Waals surface area (Å²) in [5.74, 6) is 0.962. The van der Waals surface area contributed by atoms with E-state index in [0.29, 0.717) is 12.3 Å². The first-order valence-corrected chi connectivity index (χ1v) is 8.23. The quantitative estimate of drug-likeness (QED) is 0.564. The van der Waals surface area contributed by atoms with Gasteiger partial charge in [0.15, 0.2) is 5.96 Å². The third-order valence-electron chi connectivity index (χ3n) is 3.39. The first-order valence-electron chi connectivity index (χ1n) is 8.23. The molecule has 0 fully saturated rings. The van der Waals surface area contributed by atoms with Crippen molar-refractivity contribution in [2.75, 3.05) is 40.8 Å². The summed E-state index contributed by atoms with van der Waals surface area (Å²) in [5, 5.41) is 6.58. The third kappa shape index (κ3) is 8.15. The van der Waals surface area contributed by atoms with Crippen molar-refractivity contribution >= 4 is 5.96 Å². The number of aliphatic imine (C=N–C) groups is 1. The van der Waals surface area contributed by atoms with E-state index in [1.54, 1.807) is 19.2 Å². The van der Waals surface area contributed by atoms with Gasteiger partial charge in [-0.3, -0.25) is 4.99 Å². The van der Waals surface area contributed by atoms with Crippen LogP contribution in [0.25, 0.3) is 0 Å². The fourth-order valence-electron chi connectivity index (χ4n) is 2.51. The SMILES string of the molecule is CN=C(NCC(C)Oc1cccc(F)c1)NCC(C)(C)CN(C)C. The zero-order valence-corrected chi connectivity index (χ0v) is 15.7. The predicted molar refractivity (Wildman–Crippen MR) is 98.2 cm³/mol. The van der Waals surface area contributed by atoms with E-state index in [1.165, 1.54) is 12.1 Å². The van der Waals surface area contributed by atoms with Gasteiger partial charge in [0.25, 0.3) is 0 Å². The number of rotatable bonds is 8. The van der Waals surface area contributed by atoms with Gasteiger partial charge in [-0.1, -0.05) is 19.9 Å². The maximum absolute atomic E-state index is 13.2. The fourth-order valence-corrected chi connectivity index (χ4v) is 2.51. The molecule has 0 aliphatic carbocycles. The van der Waals surface area contributed by atoms with Gasteiger partial charge in [-0.2, -0.15) is 0 Å². The summed E-state index contributed by atoms with van der Waals surface area (Å²) < 4.78 is 18.9. The normalized spacial score (nSPS) is 13.8. The molecule has 1 atom stereocenters. The Labute approximate surface area is 145 Å². The van der Waals surface area contributed by atoms with Gasteiger partial charge in [0.1, 0.15) is 17.7 Å². The van der Waals surface area contributed by atoms with Crippen LogP contribution in [0.2, 0.25) is 0 Å². The van der Waals surface area contributed by atoms with Gasteiger partial charge in [0, 0.05) is 26.2 Å². The molecule has 0 heterocycles. The van der Waals surface area contributed by atoms with Crippen molar-refractivity contribution in [2.24, 2.45) is 10.4 Å². The minimum Gasteiger partial charge on any atom is -0.489 e. The molecule has 24 heavy (non-hydrogen) atoms. The van der Waals surface area contributed by atoms with E-state index in [0.717, 1.165) is 19.0 Å². The number of hydrogen-bond donors (Lipinski definition) is 2. The summed E-state index contributed by atoms with van der Waals surface area (Å²) in [6.07, 6.45) is -0.111. The monoisotopic (exact) mass is 338 g/mol. The van der Waals surface area contributed by atoms with Crippen molar-refractivity contribution in [1.29, 1.82) is 0 Å². The number of halogens is 1. The van der Waals surface area contributed by atoms with Crippen LogP contribution in [0.15, 0.2) is 29.3 Å². The smallest absolute Gasteiger partial charge is 0.191 e. The van der Waals surface area contributed by atoms with E-state index < -0.39 is 0 Å². The maximum Gasteiger partial charge on any atom is 0.191 e. The molecule has 0 spiro atoms. The highest BCUT2D eigenvalue weighted by Gasteiger charge is 2.19. The average Bonchev–Trinajstić information content (AvgIpc) is 2.46. The van der Waals surface area contributed by atoms with Crippen LogP contribution in [0.5, 0.6) is 5.75 Å². The largest absolute Gasteiger partial charge is 0.489 e. The summed E-state index contributed by atoms with van der Waals surface area (Å²) >= 11 is 0. The van der Waals surface area contributed by atoms with Crippen LogP contribution in [0.4, 0.5) is 4.39 Å². The van der Waals surface area contributed by atoms with Gasteiger partial charge in [0.2, 0.25) is 0 Å². The maximum atomic E-state index is 13.2. The third-order valence-corrected chi connectivity index (χ3v) is 3.39. The molecular weight excluding hydrogens is 307 g/mol. The molecule has 6 heteroatoms. The van der Waals surface area contributed by atoms with Crippen LogP contribution in [-0.4, -0.2) is 57.7 Å². The van der Waals surface area contributed by atoms with E-state index in [1.807, 2.05) is 6.92 Å². The Morgan fingerprint density at radius 3 is 2.62 bits per heavy atom. The number of nitrogens with zero attached hydrogens (tertiary/aromatic N) is 2.